The maximum absolute atomic E-state index is 10.3. The van der Waals surface area contributed by atoms with E-state index in [1.165, 1.54) is 0 Å². The average molecular weight is 186 g/mol. The molecule has 0 unspecified atom stereocenters. The maximum atomic E-state index is 10.3. The Labute approximate surface area is 75.1 Å². The third kappa shape index (κ3) is 2.80. The fourth-order valence-electron chi connectivity index (χ4n) is 0.685. The van der Waals surface area contributed by atoms with Gasteiger partial charge in [-0.05, 0) is 24.3 Å². The van der Waals surface area contributed by atoms with E-state index in [9.17, 15) is 4.79 Å². The van der Waals surface area contributed by atoms with Gasteiger partial charge in [-0.25, -0.2) is 0 Å². The molecule has 0 aliphatic heterocycles. The minimum absolute atomic E-state index is 0.109. The molecule has 0 radical (unpaired) electrons. The topological polar surface area (TPSA) is 52.3 Å². The van der Waals surface area contributed by atoms with Gasteiger partial charge in [0, 0.05) is 5.02 Å². The van der Waals surface area contributed by atoms with Crippen LogP contribution in [0.15, 0.2) is 24.3 Å². The van der Waals surface area contributed by atoms with Gasteiger partial charge in [0.2, 0.25) is 0 Å². The van der Waals surface area contributed by atoms with Crippen molar-refractivity contribution in [2.45, 2.75) is 0 Å². The Morgan fingerprint density at radius 2 is 2.00 bits per heavy atom. The van der Waals surface area contributed by atoms with E-state index >= 15 is 0 Å². The summed E-state index contributed by atoms with van der Waals surface area (Å²) in [5, 5.41) is 0.626. The van der Waals surface area contributed by atoms with Gasteiger partial charge in [0.25, 0.3) is 5.91 Å². The zero-order valence-corrected chi connectivity index (χ0v) is 7.04. The number of amides is 1. The second-order valence-electron chi connectivity index (χ2n) is 2.21. The zero-order valence-electron chi connectivity index (χ0n) is 6.29. The molecule has 64 valence electrons. The molecule has 1 rings (SSSR count). The van der Waals surface area contributed by atoms with Gasteiger partial charge in [0.15, 0.2) is 6.61 Å². The number of hydrogen-bond donors (Lipinski definition) is 1. The zero-order chi connectivity index (χ0) is 8.97. The number of carbonyl (C=O) groups is 1. The molecule has 0 saturated carbocycles. The van der Waals surface area contributed by atoms with Crippen molar-refractivity contribution < 1.29 is 9.53 Å². The lowest BCUT2D eigenvalue weighted by Gasteiger charge is -2.02. The average Bonchev–Trinajstić information content (AvgIpc) is 2.03. The number of halogens is 1. The van der Waals surface area contributed by atoms with E-state index < -0.39 is 5.91 Å². The molecule has 2 N–H and O–H groups in total. The molecule has 0 fully saturated rings. The highest BCUT2D eigenvalue weighted by Crippen LogP contribution is 2.14. The van der Waals surface area contributed by atoms with Gasteiger partial charge in [0.05, 0.1) is 0 Å². The number of benzene rings is 1. The summed E-state index contributed by atoms with van der Waals surface area (Å²) in [5.74, 6) is 0.0863. The van der Waals surface area contributed by atoms with Crippen molar-refractivity contribution in [2.24, 2.45) is 5.73 Å². The Morgan fingerprint density at radius 1 is 1.42 bits per heavy atom. The van der Waals surface area contributed by atoms with E-state index in [1.54, 1.807) is 24.3 Å². The van der Waals surface area contributed by atoms with Crippen LogP contribution in [-0.4, -0.2) is 12.5 Å². The van der Waals surface area contributed by atoms with E-state index in [1.807, 2.05) is 0 Å². The summed E-state index contributed by atoms with van der Waals surface area (Å²) in [6.45, 7) is -0.109. The van der Waals surface area contributed by atoms with Crippen LogP contribution in [0.5, 0.6) is 5.75 Å². The van der Waals surface area contributed by atoms with E-state index in [0.717, 1.165) is 0 Å². The fourth-order valence-corrected chi connectivity index (χ4v) is 0.811. The number of rotatable bonds is 3. The SMILES string of the molecule is NC(=O)COc1ccc(Cl)cc1. The Hall–Kier alpha value is -1.22. The summed E-state index contributed by atoms with van der Waals surface area (Å²) in [4.78, 5) is 10.3. The lowest BCUT2D eigenvalue weighted by Crippen LogP contribution is -2.19. The third-order valence-electron chi connectivity index (χ3n) is 1.19. The summed E-state index contributed by atoms with van der Waals surface area (Å²) in [6.07, 6.45) is 0. The molecule has 12 heavy (non-hydrogen) atoms. The van der Waals surface area contributed by atoms with Crippen LogP contribution in [-0.2, 0) is 4.79 Å². The minimum Gasteiger partial charge on any atom is -0.484 e. The number of nitrogens with two attached hydrogens (primary N) is 1. The highest BCUT2D eigenvalue weighted by molar-refractivity contribution is 6.30. The standard InChI is InChI=1S/C8H8ClNO2/c9-6-1-3-7(4-2-6)12-5-8(10)11/h1-4H,5H2,(H2,10,11). The molecule has 1 aromatic carbocycles. The number of carbonyl (C=O) groups excluding carboxylic acids is 1. The van der Waals surface area contributed by atoms with Crippen LogP contribution in [0.3, 0.4) is 0 Å². The second-order valence-corrected chi connectivity index (χ2v) is 2.65. The van der Waals surface area contributed by atoms with Crippen LogP contribution in [0, 0.1) is 0 Å². The van der Waals surface area contributed by atoms with Crippen LogP contribution >= 0.6 is 11.6 Å². The minimum atomic E-state index is -0.495. The predicted molar refractivity (Wildman–Crippen MR) is 46.1 cm³/mol. The second kappa shape index (κ2) is 3.97. The Morgan fingerprint density at radius 3 is 2.50 bits per heavy atom. The lowest BCUT2D eigenvalue weighted by molar-refractivity contribution is -0.119. The lowest BCUT2D eigenvalue weighted by atomic mass is 10.3. The fraction of sp³-hybridized carbons (Fsp3) is 0.125. The summed E-state index contributed by atoms with van der Waals surface area (Å²) < 4.78 is 4.99. The van der Waals surface area contributed by atoms with E-state index in [2.05, 4.69) is 0 Å². The first-order valence-electron chi connectivity index (χ1n) is 3.35. The molecular weight excluding hydrogens is 178 g/mol. The molecule has 1 amide bonds. The van der Waals surface area contributed by atoms with E-state index in [0.29, 0.717) is 10.8 Å². The molecule has 0 saturated heterocycles. The third-order valence-corrected chi connectivity index (χ3v) is 1.45. The molecule has 0 spiro atoms. The highest BCUT2D eigenvalue weighted by atomic mass is 35.5. The molecule has 0 aliphatic rings. The van der Waals surface area contributed by atoms with Crippen LogP contribution in [0.25, 0.3) is 0 Å². The maximum Gasteiger partial charge on any atom is 0.255 e. The molecule has 3 nitrogen and oxygen atoms in total. The van der Waals surface area contributed by atoms with Gasteiger partial charge in [-0.15, -0.1) is 0 Å². The first kappa shape index (κ1) is 8.87. The molecule has 0 atom stereocenters. The molecule has 0 aliphatic carbocycles. The predicted octanol–water partition coefficient (Wildman–Crippen LogP) is 1.20. The van der Waals surface area contributed by atoms with Crippen molar-refractivity contribution in [3.05, 3.63) is 29.3 Å². The van der Waals surface area contributed by atoms with Crippen LogP contribution in [0.4, 0.5) is 0 Å². The Bertz CT molecular complexity index is 271. The van der Waals surface area contributed by atoms with Crippen molar-refractivity contribution >= 4 is 17.5 Å². The van der Waals surface area contributed by atoms with Crippen LogP contribution < -0.4 is 10.5 Å². The monoisotopic (exact) mass is 185 g/mol. The van der Waals surface area contributed by atoms with Crippen molar-refractivity contribution in [3.63, 3.8) is 0 Å². The summed E-state index contributed by atoms with van der Waals surface area (Å²) >= 11 is 5.63. The van der Waals surface area contributed by atoms with E-state index in [-0.39, 0.29) is 6.61 Å². The number of hydrogen-bond acceptors (Lipinski definition) is 2. The normalized spacial score (nSPS) is 9.42. The van der Waals surface area contributed by atoms with Crippen molar-refractivity contribution in [2.75, 3.05) is 6.61 Å². The molecule has 4 heteroatoms. The molecule has 1 aromatic rings. The van der Waals surface area contributed by atoms with Crippen LogP contribution in [0.2, 0.25) is 5.02 Å². The first-order chi connectivity index (χ1) is 5.68. The molecule has 0 heterocycles. The van der Waals surface area contributed by atoms with Gasteiger partial charge in [-0.1, -0.05) is 11.6 Å². The van der Waals surface area contributed by atoms with Crippen molar-refractivity contribution in [1.82, 2.24) is 0 Å². The van der Waals surface area contributed by atoms with Gasteiger partial charge in [0.1, 0.15) is 5.75 Å². The van der Waals surface area contributed by atoms with Crippen molar-refractivity contribution in [1.29, 1.82) is 0 Å². The van der Waals surface area contributed by atoms with Gasteiger partial charge in [-0.2, -0.15) is 0 Å². The van der Waals surface area contributed by atoms with Crippen LogP contribution in [0.1, 0.15) is 0 Å². The van der Waals surface area contributed by atoms with Gasteiger partial charge < -0.3 is 10.5 Å². The molecule has 0 aromatic heterocycles. The quantitative estimate of drug-likeness (QED) is 0.770. The van der Waals surface area contributed by atoms with Gasteiger partial charge in [-0.3, -0.25) is 4.79 Å². The number of primary amides is 1. The summed E-state index contributed by atoms with van der Waals surface area (Å²) in [6, 6.07) is 6.70. The Kier molecular flexibility index (Phi) is 2.94. The highest BCUT2D eigenvalue weighted by Gasteiger charge is 1.96. The summed E-state index contributed by atoms with van der Waals surface area (Å²) in [7, 11) is 0. The first-order valence-corrected chi connectivity index (χ1v) is 3.73. The molecular formula is C8H8ClNO2. The van der Waals surface area contributed by atoms with Gasteiger partial charge >= 0.3 is 0 Å². The van der Waals surface area contributed by atoms with E-state index in [4.69, 9.17) is 22.1 Å². The smallest absolute Gasteiger partial charge is 0.255 e. The molecule has 0 bridgehead atoms. The van der Waals surface area contributed by atoms with Crippen molar-refractivity contribution in [3.8, 4) is 5.75 Å². The summed E-state index contributed by atoms with van der Waals surface area (Å²) in [5.41, 5.74) is 4.88. The Balaban J connectivity index is 2.53. The number of ether oxygens (including phenoxy) is 1. The largest absolute Gasteiger partial charge is 0.484 e.